The number of carbonyl (C=O) groups excluding carboxylic acids is 2. The molecule has 3 rings (SSSR count). The molecule has 0 fully saturated rings. The zero-order valence-electron chi connectivity index (χ0n) is 10.3. The van der Waals surface area contributed by atoms with E-state index in [0.717, 1.165) is 11.3 Å². The van der Waals surface area contributed by atoms with Crippen LogP contribution in [-0.4, -0.2) is 16.8 Å². The minimum absolute atomic E-state index is 0.0610. The van der Waals surface area contributed by atoms with E-state index in [1.807, 2.05) is 0 Å². The van der Waals surface area contributed by atoms with Gasteiger partial charge in [0.2, 0.25) is 5.91 Å². The van der Waals surface area contributed by atoms with Crippen molar-refractivity contribution in [2.75, 3.05) is 10.6 Å². The smallest absolute Gasteiger partial charge is 0.256 e. The third-order valence-corrected chi connectivity index (χ3v) is 3.19. The van der Waals surface area contributed by atoms with E-state index >= 15 is 0 Å². The number of amides is 2. The molecule has 1 aromatic heterocycles. The molecule has 0 unspecified atom stereocenters. The van der Waals surface area contributed by atoms with E-state index in [4.69, 9.17) is 11.6 Å². The lowest BCUT2D eigenvalue weighted by Crippen LogP contribution is -2.13. The van der Waals surface area contributed by atoms with Crippen LogP contribution in [0.5, 0.6) is 0 Å². The van der Waals surface area contributed by atoms with Crippen LogP contribution in [0.1, 0.15) is 15.9 Å². The lowest BCUT2D eigenvalue weighted by molar-refractivity contribution is -0.115. The van der Waals surface area contributed by atoms with E-state index in [1.54, 1.807) is 30.3 Å². The largest absolute Gasteiger partial charge is 0.326 e. The molecular weight excluding hydrogens is 278 g/mol. The van der Waals surface area contributed by atoms with E-state index in [9.17, 15) is 9.59 Å². The highest BCUT2D eigenvalue weighted by Gasteiger charge is 2.19. The SMILES string of the molecule is O=C1Cc2cc(C(=O)Nc3cc(Cl)ccn3)ccc2N1. The Morgan fingerprint density at radius 3 is 2.95 bits per heavy atom. The van der Waals surface area contributed by atoms with Crippen molar-refractivity contribution in [2.24, 2.45) is 0 Å². The van der Waals surface area contributed by atoms with E-state index in [2.05, 4.69) is 15.6 Å². The molecule has 0 saturated carbocycles. The molecule has 0 saturated heterocycles. The molecule has 2 aromatic rings. The van der Waals surface area contributed by atoms with Crippen LogP contribution in [-0.2, 0) is 11.2 Å². The molecule has 1 aliphatic rings. The second kappa shape index (κ2) is 4.94. The number of hydrogen-bond donors (Lipinski definition) is 2. The van der Waals surface area contributed by atoms with Gasteiger partial charge in [0.25, 0.3) is 5.91 Å². The van der Waals surface area contributed by atoms with Crippen LogP contribution >= 0.6 is 11.6 Å². The average Bonchev–Trinajstić information content (AvgIpc) is 2.77. The number of hydrogen-bond acceptors (Lipinski definition) is 3. The van der Waals surface area contributed by atoms with E-state index in [1.165, 1.54) is 6.20 Å². The van der Waals surface area contributed by atoms with Crippen LogP contribution in [0.15, 0.2) is 36.5 Å². The van der Waals surface area contributed by atoms with E-state index in [-0.39, 0.29) is 11.8 Å². The standard InChI is InChI=1S/C14H10ClN3O2/c15-10-3-4-16-12(7-10)18-14(20)8-1-2-11-9(5-8)6-13(19)17-11/h1-5,7H,6H2,(H,17,19)(H,16,18,20). The number of fused-ring (bicyclic) bond motifs is 1. The molecule has 2 amide bonds. The first-order valence-corrected chi connectivity index (χ1v) is 6.35. The van der Waals surface area contributed by atoms with Gasteiger partial charge in [-0.1, -0.05) is 11.6 Å². The second-order valence-electron chi connectivity index (χ2n) is 4.41. The van der Waals surface area contributed by atoms with Crippen molar-refractivity contribution in [1.82, 2.24) is 4.98 Å². The highest BCUT2D eigenvalue weighted by atomic mass is 35.5. The fourth-order valence-electron chi connectivity index (χ4n) is 2.03. The summed E-state index contributed by atoms with van der Waals surface area (Å²) in [7, 11) is 0. The molecule has 0 atom stereocenters. The van der Waals surface area contributed by atoms with Crippen molar-refractivity contribution in [3.63, 3.8) is 0 Å². The van der Waals surface area contributed by atoms with Gasteiger partial charge >= 0.3 is 0 Å². The van der Waals surface area contributed by atoms with Crippen LogP contribution < -0.4 is 10.6 Å². The minimum Gasteiger partial charge on any atom is -0.326 e. The third kappa shape index (κ3) is 2.48. The van der Waals surface area contributed by atoms with Crippen LogP contribution in [0.2, 0.25) is 5.02 Å². The highest BCUT2D eigenvalue weighted by Crippen LogP contribution is 2.24. The Balaban J connectivity index is 1.81. The van der Waals surface area contributed by atoms with Gasteiger partial charge in [-0.05, 0) is 35.9 Å². The minimum atomic E-state index is -0.290. The van der Waals surface area contributed by atoms with Crippen molar-refractivity contribution < 1.29 is 9.59 Å². The van der Waals surface area contributed by atoms with Gasteiger partial charge in [-0.2, -0.15) is 0 Å². The first-order valence-electron chi connectivity index (χ1n) is 5.97. The fourth-order valence-corrected chi connectivity index (χ4v) is 2.19. The molecule has 6 heteroatoms. The van der Waals surface area contributed by atoms with Crippen molar-refractivity contribution in [2.45, 2.75) is 6.42 Å². The summed E-state index contributed by atoms with van der Waals surface area (Å²) in [5.41, 5.74) is 2.05. The van der Waals surface area contributed by atoms with Crippen molar-refractivity contribution in [3.8, 4) is 0 Å². The maximum Gasteiger partial charge on any atom is 0.256 e. The van der Waals surface area contributed by atoms with Crippen molar-refractivity contribution in [1.29, 1.82) is 0 Å². The molecule has 0 aliphatic carbocycles. The summed E-state index contributed by atoms with van der Waals surface area (Å²) in [6, 6.07) is 8.28. The van der Waals surface area contributed by atoms with Crippen molar-refractivity contribution in [3.05, 3.63) is 52.7 Å². The third-order valence-electron chi connectivity index (χ3n) is 2.96. The molecule has 1 aromatic carbocycles. The number of halogens is 1. The maximum atomic E-state index is 12.1. The number of anilines is 2. The number of rotatable bonds is 2. The Morgan fingerprint density at radius 2 is 2.15 bits per heavy atom. The summed E-state index contributed by atoms with van der Waals surface area (Å²) in [5, 5.41) is 5.88. The van der Waals surface area contributed by atoms with Crippen LogP contribution in [0.3, 0.4) is 0 Å². The van der Waals surface area contributed by atoms with Gasteiger partial charge in [-0.15, -0.1) is 0 Å². The number of nitrogens with zero attached hydrogens (tertiary/aromatic N) is 1. The highest BCUT2D eigenvalue weighted by molar-refractivity contribution is 6.30. The van der Waals surface area contributed by atoms with Crippen molar-refractivity contribution >= 4 is 34.9 Å². The maximum absolute atomic E-state index is 12.1. The number of carbonyl (C=O) groups is 2. The molecule has 0 radical (unpaired) electrons. The van der Waals surface area contributed by atoms with Gasteiger partial charge in [-0.3, -0.25) is 9.59 Å². The fraction of sp³-hybridized carbons (Fsp3) is 0.0714. The quantitative estimate of drug-likeness (QED) is 0.891. The van der Waals surface area contributed by atoms with Gasteiger partial charge in [0.15, 0.2) is 0 Å². The summed E-state index contributed by atoms with van der Waals surface area (Å²) < 4.78 is 0. The van der Waals surface area contributed by atoms with Gasteiger partial charge in [0.05, 0.1) is 6.42 Å². The van der Waals surface area contributed by atoms with E-state index < -0.39 is 0 Å². The molecule has 2 N–H and O–H groups in total. The normalized spacial score (nSPS) is 12.8. The molecule has 1 aliphatic heterocycles. The van der Waals surface area contributed by atoms with Crippen LogP contribution in [0.25, 0.3) is 0 Å². The average molecular weight is 288 g/mol. The molecule has 5 nitrogen and oxygen atoms in total. The van der Waals surface area contributed by atoms with Crippen LogP contribution in [0.4, 0.5) is 11.5 Å². The Hall–Kier alpha value is -2.40. The summed E-state index contributed by atoms with van der Waals surface area (Å²) in [5.74, 6) is 0.0354. The molecule has 100 valence electrons. The molecule has 0 bridgehead atoms. The lowest BCUT2D eigenvalue weighted by Gasteiger charge is -2.06. The monoisotopic (exact) mass is 287 g/mol. The Bertz CT molecular complexity index is 715. The predicted molar refractivity (Wildman–Crippen MR) is 76.0 cm³/mol. The Labute approximate surface area is 120 Å². The Morgan fingerprint density at radius 1 is 1.30 bits per heavy atom. The van der Waals surface area contributed by atoms with Gasteiger partial charge in [0.1, 0.15) is 5.82 Å². The number of nitrogens with one attached hydrogen (secondary N) is 2. The Kier molecular flexibility index (Phi) is 3.12. The van der Waals surface area contributed by atoms with E-state index in [0.29, 0.717) is 22.8 Å². The summed E-state index contributed by atoms with van der Waals surface area (Å²) in [6.07, 6.45) is 1.81. The second-order valence-corrected chi connectivity index (χ2v) is 4.85. The number of pyridine rings is 1. The molecule has 20 heavy (non-hydrogen) atoms. The first kappa shape index (κ1) is 12.6. The summed E-state index contributed by atoms with van der Waals surface area (Å²) in [6.45, 7) is 0. The summed E-state index contributed by atoms with van der Waals surface area (Å²) in [4.78, 5) is 27.4. The number of benzene rings is 1. The topological polar surface area (TPSA) is 71.1 Å². The van der Waals surface area contributed by atoms with Gasteiger partial charge in [-0.25, -0.2) is 4.98 Å². The van der Waals surface area contributed by atoms with Gasteiger partial charge in [0, 0.05) is 22.5 Å². The van der Waals surface area contributed by atoms with Gasteiger partial charge < -0.3 is 10.6 Å². The zero-order valence-corrected chi connectivity index (χ0v) is 11.1. The molecule has 0 spiro atoms. The molecule has 2 heterocycles. The van der Waals surface area contributed by atoms with Crippen LogP contribution in [0, 0.1) is 0 Å². The number of aromatic nitrogens is 1. The first-order chi connectivity index (χ1) is 9.61. The molecular formula is C14H10ClN3O2. The zero-order chi connectivity index (χ0) is 14.1. The summed E-state index contributed by atoms with van der Waals surface area (Å²) >= 11 is 5.83. The lowest BCUT2D eigenvalue weighted by atomic mass is 10.1. The predicted octanol–water partition coefficient (Wildman–Crippen LogP) is 2.48.